The van der Waals surface area contributed by atoms with Crippen molar-refractivity contribution in [3.8, 4) is 5.75 Å². The fourth-order valence-electron chi connectivity index (χ4n) is 2.29. The molecule has 1 aliphatic rings. The van der Waals surface area contributed by atoms with Crippen LogP contribution in [-0.2, 0) is 17.9 Å². The molecule has 110 valence electrons. The smallest absolute Gasteiger partial charge is 0.237 e. The van der Waals surface area contributed by atoms with E-state index >= 15 is 0 Å². The molecule has 2 N–H and O–H groups in total. The number of likely N-dealkylation sites (N-methyl/N-ethyl adjacent to an activating group) is 1. The van der Waals surface area contributed by atoms with Crippen LogP contribution in [0.15, 0.2) is 16.6 Å². The van der Waals surface area contributed by atoms with Crippen molar-refractivity contribution in [3.63, 3.8) is 0 Å². The third kappa shape index (κ3) is 3.50. The Morgan fingerprint density at radius 3 is 2.90 bits per heavy atom. The van der Waals surface area contributed by atoms with Gasteiger partial charge in [-0.25, -0.2) is 0 Å². The van der Waals surface area contributed by atoms with Gasteiger partial charge in [0, 0.05) is 28.7 Å². The Morgan fingerprint density at radius 1 is 1.50 bits per heavy atom. The van der Waals surface area contributed by atoms with E-state index in [-0.39, 0.29) is 5.91 Å². The summed E-state index contributed by atoms with van der Waals surface area (Å²) in [6.45, 7) is 2.50. The molecule has 0 spiro atoms. The van der Waals surface area contributed by atoms with Crippen molar-refractivity contribution < 1.29 is 9.53 Å². The third-order valence-electron chi connectivity index (χ3n) is 3.20. The standard InChI is InChI=1S/C14H20BrN3O2/c1-17(2)9-13(19)18-3-4-20-14-10(7-16)5-12(15)6-11(14)8-18/h5-6H,3-4,7-9,16H2,1-2H3. The molecule has 6 heteroatoms. The van der Waals surface area contributed by atoms with Crippen molar-refractivity contribution in [3.05, 3.63) is 27.7 Å². The van der Waals surface area contributed by atoms with Gasteiger partial charge in [-0.2, -0.15) is 0 Å². The van der Waals surface area contributed by atoms with E-state index in [4.69, 9.17) is 10.5 Å². The predicted octanol–water partition coefficient (Wildman–Crippen LogP) is 1.19. The minimum atomic E-state index is 0.112. The Balaban J connectivity index is 2.25. The van der Waals surface area contributed by atoms with Crippen LogP contribution >= 0.6 is 15.9 Å². The van der Waals surface area contributed by atoms with Crippen molar-refractivity contribution >= 4 is 21.8 Å². The summed E-state index contributed by atoms with van der Waals surface area (Å²) in [5.74, 6) is 0.941. The lowest BCUT2D eigenvalue weighted by Crippen LogP contribution is -2.38. The molecule has 1 aromatic rings. The van der Waals surface area contributed by atoms with Crippen molar-refractivity contribution in [1.82, 2.24) is 9.80 Å². The van der Waals surface area contributed by atoms with Crippen LogP contribution in [0.5, 0.6) is 5.75 Å². The maximum Gasteiger partial charge on any atom is 0.237 e. The lowest BCUT2D eigenvalue weighted by Gasteiger charge is -2.22. The number of hydrogen-bond acceptors (Lipinski definition) is 4. The zero-order valence-corrected chi connectivity index (χ0v) is 13.4. The number of halogens is 1. The summed E-state index contributed by atoms with van der Waals surface area (Å²) in [5.41, 5.74) is 7.74. The summed E-state index contributed by atoms with van der Waals surface area (Å²) in [6.07, 6.45) is 0. The van der Waals surface area contributed by atoms with Gasteiger partial charge in [-0.05, 0) is 26.2 Å². The van der Waals surface area contributed by atoms with E-state index in [1.54, 1.807) is 0 Å². The van der Waals surface area contributed by atoms with Gasteiger partial charge in [-0.1, -0.05) is 15.9 Å². The predicted molar refractivity (Wildman–Crippen MR) is 81.5 cm³/mol. The Labute approximate surface area is 127 Å². The first-order valence-electron chi connectivity index (χ1n) is 6.58. The van der Waals surface area contributed by atoms with Gasteiger partial charge >= 0.3 is 0 Å². The second-order valence-electron chi connectivity index (χ2n) is 5.16. The molecule has 1 aromatic carbocycles. The van der Waals surface area contributed by atoms with Crippen LogP contribution in [0.1, 0.15) is 11.1 Å². The zero-order valence-electron chi connectivity index (χ0n) is 11.9. The van der Waals surface area contributed by atoms with Crippen LogP contribution in [0.3, 0.4) is 0 Å². The maximum absolute atomic E-state index is 12.2. The van der Waals surface area contributed by atoms with Gasteiger partial charge in [-0.3, -0.25) is 4.79 Å². The second-order valence-corrected chi connectivity index (χ2v) is 6.07. The van der Waals surface area contributed by atoms with Gasteiger partial charge in [0.1, 0.15) is 12.4 Å². The van der Waals surface area contributed by atoms with Gasteiger partial charge in [0.25, 0.3) is 0 Å². The van der Waals surface area contributed by atoms with Crippen LogP contribution in [0, 0.1) is 0 Å². The second kappa shape index (κ2) is 6.56. The highest BCUT2D eigenvalue weighted by atomic mass is 79.9. The molecule has 0 fully saturated rings. The number of fused-ring (bicyclic) bond motifs is 1. The van der Waals surface area contributed by atoms with E-state index < -0.39 is 0 Å². The highest BCUT2D eigenvalue weighted by Crippen LogP contribution is 2.31. The number of benzene rings is 1. The van der Waals surface area contributed by atoms with Crippen LogP contribution in [-0.4, -0.2) is 49.5 Å². The highest BCUT2D eigenvalue weighted by molar-refractivity contribution is 9.10. The molecule has 1 heterocycles. The molecule has 0 saturated carbocycles. The Kier molecular flexibility index (Phi) is 5.01. The largest absolute Gasteiger partial charge is 0.491 e. The quantitative estimate of drug-likeness (QED) is 0.897. The molecule has 0 unspecified atom stereocenters. The number of ether oxygens (including phenoxy) is 1. The SMILES string of the molecule is CN(C)CC(=O)N1CCOc2c(CN)cc(Br)cc2C1. The monoisotopic (exact) mass is 341 g/mol. The first-order valence-corrected chi connectivity index (χ1v) is 7.37. The third-order valence-corrected chi connectivity index (χ3v) is 3.66. The van der Waals surface area contributed by atoms with E-state index in [0.717, 1.165) is 21.3 Å². The molecule has 0 radical (unpaired) electrons. The molecule has 0 saturated heterocycles. The number of nitrogens with two attached hydrogens (primary N) is 1. The summed E-state index contributed by atoms with van der Waals surface area (Å²) in [6, 6.07) is 3.96. The van der Waals surface area contributed by atoms with Crippen LogP contribution < -0.4 is 10.5 Å². The van der Waals surface area contributed by atoms with Gasteiger partial charge in [0.05, 0.1) is 13.1 Å². The number of amides is 1. The Bertz CT molecular complexity index is 505. The molecule has 1 aliphatic heterocycles. The molecular formula is C14H20BrN3O2. The molecule has 20 heavy (non-hydrogen) atoms. The van der Waals surface area contributed by atoms with Gasteiger partial charge in [0.15, 0.2) is 0 Å². The van der Waals surface area contributed by atoms with E-state index in [1.807, 2.05) is 36.0 Å². The van der Waals surface area contributed by atoms with Gasteiger partial charge < -0.3 is 20.3 Å². The minimum absolute atomic E-state index is 0.112. The summed E-state index contributed by atoms with van der Waals surface area (Å²) >= 11 is 3.48. The summed E-state index contributed by atoms with van der Waals surface area (Å²) in [7, 11) is 3.78. The number of hydrogen-bond donors (Lipinski definition) is 1. The number of carbonyl (C=O) groups is 1. The minimum Gasteiger partial charge on any atom is -0.491 e. The molecule has 5 nitrogen and oxygen atoms in total. The van der Waals surface area contributed by atoms with Gasteiger partial charge in [0.2, 0.25) is 5.91 Å². The van der Waals surface area contributed by atoms with E-state index in [0.29, 0.717) is 32.8 Å². The Morgan fingerprint density at radius 2 is 2.25 bits per heavy atom. The average Bonchev–Trinajstić information content (AvgIpc) is 2.59. The lowest BCUT2D eigenvalue weighted by molar-refractivity contribution is -0.132. The first-order chi connectivity index (χ1) is 9.51. The van der Waals surface area contributed by atoms with E-state index in [1.165, 1.54) is 0 Å². The molecule has 0 aliphatic carbocycles. The number of rotatable bonds is 3. The van der Waals surface area contributed by atoms with Crippen LogP contribution in [0.4, 0.5) is 0 Å². The number of nitrogens with zero attached hydrogens (tertiary/aromatic N) is 2. The maximum atomic E-state index is 12.2. The van der Waals surface area contributed by atoms with E-state index in [2.05, 4.69) is 15.9 Å². The first kappa shape index (κ1) is 15.3. The zero-order chi connectivity index (χ0) is 14.7. The van der Waals surface area contributed by atoms with Crippen molar-refractivity contribution in [2.24, 2.45) is 5.73 Å². The molecule has 1 amide bonds. The lowest BCUT2D eigenvalue weighted by atomic mass is 10.1. The molecule has 0 atom stereocenters. The topological polar surface area (TPSA) is 58.8 Å². The van der Waals surface area contributed by atoms with Crippen molar-refractivity contribution in [1.29, 1.82) is 0 Å². The van der Waals surface area contributed by atoms with Crippen molar-refractivity contribution in [2.45, 2.75) is 13.1 Å². The average molecular weight is 342 g/mol. The summed E-state index contributed by atoms with van der Waals surface area (Å²) in [4.78, 5) is 15.9. The van der Waals surface area contributed by atoms with Crippen molar-refractivity contribution in [2.75, 3.05) is 33.8 Å². The Hall–Kier alpha value is -1.11. The highest BCUT2D eigenvalue weighted by Gasteiger charge is 2.22. The van der Waals surface area contributed by atoms with Gasteiger partial charge in [-0.15, -0.1) is 0 Å². The summed E-state index contributed by atoms with van der Waals surface area (Å²) < 4.78 is 6.76. The number of carbonyl (C=O) groups excluding carboxylic acids is 1. The van der Waals surface area contributed by atoms with Crippen LogP contribution in [0.2, 0.25) is 0 Å². The molecule has 2 rings (SSSR count). The van der Waals surface area contributed by atoms with E-state index in [9.17, 15) is 4.79 Å². The molecule has 0 aromatic heterocycles. The summed E-state index contributed by atoms with van der Waals surface area (Å²) in [5, 5.41) is 0. The fourth-order valence-corrected chi connectivity index (χ4v) is 2.84. The van der Waals surface area contributed by atoms with Crippen LogP contribution in [0.25, 0.3) is 0 Å². The molecular weight excluding hydrogens is 322 g/mol. The normalized spacial score (nSPS) is 14.8. The fraction of sp³-hybridized carbons (Fsp3) is 0.500. The molecule has 0 bridgehead atoms.